The quantitative estimate of drug-likeness (QED) is 0.770. The number of urea groups is 1. The molecule has 1 fully saturated rings. The van der Waals surface area contributed by atoms with Crippen LogP contribution in [0.25, 0.3) is 0 Å². The molecule has 1 aromatic heterocycles. The Morgan fingerprint density at radius 1 is 1.29 bits per heavy atom. The number of nitrogens with one attached hydrogen (secondary N) is 1. The summed E-state index contributed by atoms with van der Waals surface area (Å²) in [6, 6.07) is 6.68. The maximum absolute atomic E-state index is 13.1. The van der Waals surface area contributed by atoms with Gasteiger partial charge in [-0.2, -0.15) is 13.2 Å². The number of amides is 2. The van der Waals surface area contributed by atoms with Crippen molar-refractivity contribution in [2.45, 2.75) is 26.1 Å². The number of alkyl halides is 3. The smallest absolute Gasteiger partial charge is 0.352 e. The van der Waals surface area contributed by atoms with Gasteiger partial charge in [-0.25, -0.2) is 9.78 Å². The molecular formula is C19H20ClF3N4O. The van der Waals surface area contributed by atoms with E-state index in [1.54, 1.807) is 23.2 Å². The number of piperazine rings is 1. The zero-order chi connectivity index (χ0) is 20.5. The summed E-state index contributed by atoms with van der Waals surface area (Å²) in [6.07, 6.45) is -2.81. The molecule has 1 aromatic carbocycles. The minimum Gasteiger partial charge on any atom is -0.352 e. The van der Waals surface area contributed by atoms with Crippen LogP contribution in [0.4, 0.5) is 29.5 Å². The van der Waals surface area contributed by atoms with Gasteiger partial charge in [0.25, 0.3) is 0 Å². The molecule has 1 aliphatic rings. The highest BCUT2D eigenvalue weighted by atomic mass is 35.5. The molecule has 0 radical (unpaired) electrons. The molecule has 0 spiro atoms. The SMILES string of the molecule is Cc1ccc(NC(=O)N2CCN(c3ncccc3Cl)CC2C)cc1C(F)(F)F. The lowest BCUT2D eigenvalue weighted by molar-refractivity contribution is -0.138. The Labute approximate surface area is 166 Å². The Kier molecular flexibility index (Phi) is 5.69. The second-order valence-electron chi connectivity index (χ2n) is 6.75. The first-order valence-corrected chi connectivity index (χ1v) is 9.15. The van der Waals surface area contributed by atoms with Crippen LogP contribution in [0.2, 0.25) is 5.02 Å². The molecule has 5 nitrogen and oxygen atoms in total. The number of hydrogen-bond donors (Lipinski definition) is 1. The van der Waals surface area contributed by atoms with E-state index in [1.807, 2.05) is 11.8 Å². The van der Waals surface area contributed by atoms with Gasteiger partial charge < -0.3 is 15.1 Å². The molecule has 2 heterocycles. The molecule has 150 valence electrons. The van der Waals surface area contributed by atoms with E-state index >= 15 is 0 Å². The van der Waals surface area contributed by atoms with Crippen molar-refractivity contribution >= 4 is 29.1 Å². The number of pyridine rings is 1. The summed E-state index contributed by atoms with van der Waals surface area (Å²) in [4.78, 5) is 20.5. The first kappa shape index (κ1) is 20.3. The van der Waals surface area contributed by atoms with E-state index in [2.05, 4.69) is 10.3 Å². The number of hydrogen-bond acceptors (Lipinski definition) is 3. The number of benzene rings is 1. The fourth-order valence-electron chi connectivity index (χ4n) is 3.26. The predicted octanol–water partition coefficient (Wildman–Crippen LogP) is 4.80. The average Bonchev–Trinajstić information content (AvgIpc) is 2.62. The standard InChI is InChI=1S/C19H20ClF3N4O/c1-12-5-6-14(10-15(12)19(21,22)23)25-18(28)27-9-8-26(11-13(27)2)17-16(20)4-3-7-24-17/h3-7,10,13H,8-9,11H2,1-2H3,(H,25,28). The van der Waals surface area contributed by atoms with Crippen LogP contribution in [0.1, 0.15) is 18.1 Å². The number of anilines is 2. The third-order valence-corrected chi connectivity index (χ3v) is 5.02. The molecule has 1 N–H and O–H groups in total. The third-order valence-electron chi connectivity index (χ3n) is 4.72. The zero-order valence-corrected chi connectivity index (χ0v) is 16.2. The van der Waals surface area contributed by atoms with E-state index in [-0.39, 0.29) is 17.3 Å². The summed E-state index contributed by atoms with van der Waals surface area (Å²) in [5.41, 5.74) is -0.530. The fraction of sp³-hybridized carbons (Fsp3) is 0.368. The van der Waals surface area contributed by atoms with Crippen LogP contribution in [0.5, 0.6) is 0 Å². The molecule has 9 heteroatoms. The highest BCUT2D eigenvalue weighted by Gasteiger charge is 2.33. The number of aromatic nitrogens is 1. The maximum Gasteiger partial charge on any atom is 0.416 e. The summed E-state index contributed by atoms with van der Waals surface area (Å²) in [6.45, 7) is 4.71. The van der Waals surface area contributed by atoms with Gasteiger partial charge in [-0.3, -0.25) is 0 Å². The van der Waals surface area contributed by atoms with Crippen molar-refractivity contribution in [3.8, 4) is 0 Å². The second-order valence-corrected chi connectivity index (χ2v) is 7.16. The van der Waals surface area contributed by atoms with E-state index in [4.69, 9.17) is 11.6 Å². The van der Waals surface area contributed by atoms with Crippen molar-refractivity contribution < 1.29 is 18.0 Å². The molecule has 2 aromatic rings. The monoisotopic (exact) mass is 412 g/mol. The first-order chi connectivity index (χ1) is 13.2. The van der Waals surface area contributed by atoms with Gasteiger partial charge >= 0.3 is 12.2 Å². The van der Waals surface area contributed by atoms with Gasteiger partial charge in [-0.05, 0) is 43.7 Å². The summed E-state index contributed by atoms with van der Waals surface area (Å²) >= 11 is 6.19. The Morgan fingerprint density at radius 2 is 2.04 bits per heavy atom. The molecule has 2 amide bonds. The zero-order valence-electron chi connectivity index (χ0n) is 15.4. The molecule has 1 atom stereocenters. The lowest BCUT2D eigenvalue weighted by Crippen LogP contribution is -2.55. The third kappa shape index (κ3) is 4.32. The number of carbonyl (C=O) groups is 1. The minimum absolute atomic E-state index is 0.111. The van der Waals surface area contributed by atoms with Gasteiger partial charge in [-0.15, -0.1) is 0 Å². The highest BCUT2D eigenvalue weighted by Crippen LogP contribution is 2.33. The molecule has 3 rings (SSSR count). The maximum atomic E-state index is 13.1. The molecule has 1 saturated heterocycles. The average molecular weight is 413 g/mol. The number of aryl methyl sites for hydroxylation is 1. The summed E-state index contributed by atoms with van der Waals surface area (Å²) in [5, 5.41) is 3.11. The van der Waals surface area contributed by atoms with Crippen molar-refractivity contribution in [3.05, 3.63) is 52.7 Å². The largest absolute Gasteiger partial charge is 0.416 e. The van der Waals surface area contributed by atoms with Crippen LogP contribution in [-0.2, 0) is 6.18 Å². The normalized spacial score (nSPS) is 17.6. The fourth-order valence-corrected chi connectivity index (χ4v) is 3.50. The molecule has 1 unspecified atom stereocenters. The number of carbonyl (C=O) groups excluding carboxylic acids is 1. The van der Waals surface area contributed by atoms with Crippen LogP contribution in [0.15, 0.2) is 36.5 Å². The van der Waals surface area contributed by atoms with Gasteiger partial charge in [0.1, 0.15) is 5.82 Å². The Balaban J connectivity index is 1.69. The number of halogens is 4. The molecule has 0 aliphatic carbocycles. The van der Waals surface area contributed by atoms with Crippen molar-refractivity contribution in [2.24, 2.45) is 0 Å². The summed E-state index contributed by atoms with van der Waals surface area (Å²) < 4.78 is 39.2. The highest BCUT2D eigenvalue weighted by molar-refractivity contribution is 6.32. The Hall–Kier alpha value is -2.48. The minimum atomic E-state index is -4.47. The summed E-state index contributed by atoms with van der Waals surface area (Å²) in [5.74, 6) is 0.657. The van der Waals surface area contributed by atoms with Crippen molar-refractivity contribution in [3.63, 3.8) is 0 Å². The lowest BCUT2D eigenvalue weighted by Gasteiger charge is -2.40. The second kappa shape index (κ2) is 7.87. The number of rotatable bonds is 2. The van der Waals surface area contributed by atoms with Gasteiger partial charge in [0, 0.05) is 37.6 Å². The van der Waals surface area contributed by atoms with Crippen LogP contribution in [-0.4, -0.2) is 41.6 Å². The first-order valence-electron chi connectivity index (χ1n) is 8.77. The van der Waals surface area contributed by atoms with E-state index in [0.29, 0.717) is 30.5 Å². The number of nitrogens with zero attached hydrogens (tertiary/aromatic N) is 3. The molecule has 0 saturated carbocycles. The van der Waals surface area contributed by atoms with Gasteiger partial charge in [0.2, 0.25) is 0 Å². The van der Waals surface area contributed by atoms with Crippen molar-refractivity contribution in [1.29, 1.82) is 0 Å². The topological polar surface area (TPSA) is 48.5 Å². The van der Waals surface area contributed by atoms with Crippen LogP contribution < -0.4 is 10.2 Å². The molecule has 1 aliphatic heterocycles. The van der Waals surface area contributed by atoms with Gasteiger partial charge in [0.05, 0.1) is 10.6 Å². The molecule has 28 heavy (non-hydrogen) atoms. The predicted molar refractivity (Wildman–Crippen MR) is 103 cm³/mol. The van der Waals surface area contributed by atoms with Crippen LogP contribution in [0.3, 0.4) is 0 Å². The van der Waals surface area contributed by atoms with E-state index in [0.717, 1.165) is 6.07 Å². The van der Waals surface area contributed by atoms with Crippen LogP contribution >= 0.6 is 11.6 Å². The Bertz CT molecular complexity index is 874. The van der Waals surface area contributed by atoms with Gasteiger partial charge in [-0.1, -0.05) is 17.7 Å². The van der Waals surface area contributed by atoms with E-state index in [9.17, 15) is 18.0 Å². The Morgan fingerprint density at radius 3 is 2.68 bits per heavy atom. The summed E-state index contributed by atoms with van der Waals surface area (Å²) in [7, 11) is 0. The lowest BCUT2D eigenvalue weighted by atomic mass is 10.1. The molecular weight excluding hydrogens is 393 g/mol. The van der Waals surface area contributed by atoms with Crippen molar-refractivity contribution in [1.82, 2.24) is 9.88 Å². The van der Waals surface area contributed by atoms with Crippen molar-refractivity contribution in [2.75, 3.05) is 29.9 Å². The van der Waals surface area contributed by atoms with E-state index in [1.165, 1.54) is 19.1 Å². The van der Waals surface area contributed by atoms with Gasteiger partial charge in [0.15, 0.2) is 0 Å². The van der Waals surface area contributed by atoms with Crippen LogP contribution in [0, 0.1) is 6.92 Å². The molecule has 0 bridgehead atoms. The van der Waals surface area contributed by atoms with E-state index < -0.39 is 17.8 Å².